The van der Waals surface area contributed by atoms with E-state index in [0.29, 0.717) is 50.9 Å². The van der Waals surface area contributed by atoms with Crippen molar-refractivity contribution in [2.75, 3.05) is 7.11 Å². The summed E-state index contributed by atoms with van der Waals surface area (Å²) in [5.41, 5.74) is 2.49. The molecule has 0 spiro atoms. The van der Waals surface area contributed by atoms with Crippen molar-refractivity contribution >= 4 is 55.6 Å². The quantitative estimate of drug-likeness (QED) is 0.172. The zero-order valence-corrected chi connectivity index (χ0v) is 23.5. The van der Waals surface area contributed by atoms with Crippen LogP contribution in [0.2, 0.25) is 5.02 Å². The second-order valence-electron chi connectivity index (χ2n) is 8.91. The largest absolute Gasteiger partial charge is 0.493 e. The fourth-order valence-electron chi connectivity index (χ4n) is 4.30. The molecule has 0 saturated heterocycles. The Bertz CT molecular complexity index is 1910. The molecule has 7 nitrogen and oxygen atoms in total. The van der Waals surface area contributed by atoms with E-state index in [9.17, 15) is 4.79 Å². The van der Waals surface area contributed by atoms with Crippen LogP contribution in [0.1, 0.15) is 11.1 Å². The highest BCUT2D eigenvalue weighted by Crippen LogP contribution is 2.37. The predicted molar refractivity (Wildman–Crippen MR) is 161 cm³/mol. The first-order valence-electron chi connectivity index (χ1n) is 12.3. The Hall–Kier alpha value is -4.40. The van der Waals surface area contributed by atoms with Crippen LogP contribution in [0, 0.1) is 0 Å². The molecule has 9 heteroatoms. The van der Waals surface area contributed by atoms with E-state index in [1.807, 2.05) is 60.7 Å². The first-order chi connectivity index (χ1) is 19.5. The van der Waals surface area contributed by atoms with Crippen molar-refractivity contribution in [1.29, 1.82) is 0 Å². The van der Waals surface area contributed by atoms with Gasteiger partial charge in [0.2, 0.25) is 5.82 Å². The predicted octanol–water partition coefficient (Wildman–Crippen LogP) is 7.70. The van der Waals surface area contributed by atoms with Crippen molar-refractivity contribution in [3.63, 3.8) is 0 Å². The monoisotopic (exact) mass is 613 g/mol. The number of nitrogens with zero attached hydrogens (tertiary/aromatic N) is 3. The standard InChI is InChI=1S/C31H21BrClN3O4/c1-38-27-15-20(14-24(33)29(27)39-18-19-10-12-22(32)13-11-19)17-34-36-30(28-16-21-6-2-5-9-26(21)40-28)35-25-8-4-3-7-23(25)31(36)37/h2-17H,18H2,1H3. The molecular weight excluding hydrogens is 594 g/mol. The Balaban J connectivity index is 1.39. The van der Waals surface area contributed by atoms with E-state index in [0.717, 1.165) is 15.4 Å². The summed E-state index contributed by atoms with van der Waals surface area (Å²) in [4.78, 5) is 18.3. The van der Waals surface area contributed by atoms with Gasteiger partial charge in [-0.25, -0.2) is 4.98 Å². The average molecular weight is 615 g/mol. The summed E-state index contributed by atoms with van der Waals surface area (Å²) in [6, 6.07) is 27.8. The zero-order valence-electron chi connectivity index (χ0n) is 21.2. The Kier molecular flexibility index (Phi) is 7.11. The molecule has 198 valence electrons. The van der Waals surface area contributed by atoms with Gasteiger partial charge in [0.15, 0.2) is 17.3 Å². The summed E-state index contributed by atoms with van der Waals surface area (Å²) in [7, 11) is 1.54. The summed E-state index contributed by atoms with van der Waals surface area (Å²) < 4.78 is 19.8. The molecular formula is C31H21BrClN3O4. The lowest BCUT2D eigenvalue weighted by atomic mass is 10.2. The number of methoxy groups -OCH3 is 1. The molecule has 2 heterocycles. The number of furan rings is 1. The van der Waals surface area contributed by atoms with Crippen LogP contribution < -0.4 is 15.0 Å². The van der Waals surface area contributed by atoms with Gasteiger partial charge in [0.1, 0.15) is 12.2 Å². The maximum absolute atomic E-state index is 13.5. The Morgan fingerprint density at radius 2 is 1.80 bits per heavy atom. The minimum absolute atomic E-state index is 0.281. The highest BCUT2D eigenvalue weighted by atomic mass is 79.9. The van der Waals surface area contributed by atoms with Gasteiger partial charge in [-0.3, -0.25) is 4.79 Å². The molecule has 6 rings (SSSR count). The van der Waals surface area contributed by atoms with Crippen molar-refractivity contribution in [3.8, 4) is 23.1 Å². The Labute approximate surface area is 242 Å². The second kappa shape index (κ2) is 11.0. The molecule has 0 amide bonds. The van der Waals surface area contributed by atoms with Crippen LogP contribution in [-0.4, -0.2) is 23.0 Å². The van der Waals surface area contributed by atoms with E-state index in [1.165, 1.54) is 18.0 Å². The molecule has 0 bridgehead atoms. The molecule has 0 N–H and O–H groups in total. The maximum atomic E-state index is 13.5. The van der Waals surface area contributed by atoms with Crippen LogP contribution in [0.25, 0.3) is 33.5 Å². The molecule has 0 aliphatic carbocycles. The molecule has 0 fully saturated rings. The zero-order chi connectivity index (χ0) is 27.6. The molecule has 40 heavy (non-hydrogen) atoms. The van der Waals surface area contributed by atoms with Crippen LogP contribution >= 0.6 is 27.5 Å². The van der Waals surface area contributed by atoms with Gasteiger partial charge in [-0.1, -0.05) is 70.0 Å². The minimum Gasteiger partial charge on any atom is -0.493 e. The van der Waals surface area contributed by atoms with Crippen molar-refractivity contribution in [2.24, 2.45) is 5.10 Å². The maximum Gasteiger partial charge on any atom is 0.282 e. The molecule has 2 aromatic heterocycles. The van der Waals surface area contributed by atoms with E-state index >= 15 is 0 Å². The minimum atomic E-state index is -0.329. The van der Waals surface area contributed by atoms with Crippen molar-refractivity contribution < 1.29 is 13.9 Å². The lowest BCUT2D eigenvalue weighted by Gasteiger charge is -2.13. The lowest BCUT2D eigenvalue weighted by molar-refractivity contribution is 0.284. The molecule has 0 aliphatic rings. The van der Waals surface area contributed by atoms with Crippen LogP contribution in [0.4, 0.5) is 0 Å². The van der Waals surface area contributed by atoms with Gasteiger partial charge in [-0.2, -0.15) is 9.78 Å². The molecule has 0 saturated carbocycles. The van der Waals surface area contributed by atoms with Crippen molar-refractivity contribution in [3.05, 3.63) is 122 Å². The Morgan fingerprint density at radius 1 is 1.02 bits per heavy atom. The summed E-state index contributed by atoms with van der Waals surface area (Å²) in [5.74, 6) is 1.56. The summed E-state index contributed by atoms with van der Waals surface area (Å²) in [5, 5.41) is 6.20. The number of hydrogen-bond acceptors (Lipinski definition) is 6. The normalized spacial score (nSPS) is 11.5. The highest BCUT2D eigenvalue weighted by molar-refractivity contribution is 9.10. The van der Waals surface area contributed by atoms with Gasteiger partial charge in [-0.15, -0.1) is 0 Å². The van der Waals surface area contributed by atoms with E-state index in [-0.39, 0.29) is 11.4 Å². The molecule has 0 aliphatic heterocycles. The van der Waals surface area contributed by atoms with Crippen molar-refractivity contribution in [2.45, 2.75) is 6.61 Å². The van der Waals surface area contributed by atoms with Crippen LogP contribution in [0.15, 0.2) is 110 Å². The number of ether oxygens (including phenoxy) is 2. The van der Waals surface area contributed by atoms with Gasteiger partial charge in [0, 0.05) is 9.86 Å². The Morgan fingerprint density at radius 3 is 2.60 bits per heavy atom. The third-order valence-corrected chi connectivity index (χ3v) is 7.08. The number of fused-ring (bicyclic) bond motifs is 2. The third-order valence-electron chi connectivity index (χ3n) is 6.27. The lowest BCUT2D eigenvalue weighted by Crippen LogP contribution is -2.20. The fraction of sp³-hybridized carbons (Fsp3) is 0.0645. The third kappa shape index (κ3) is 5.11. The van der Waals surface area contributed by atoms with Gasteiger partial charge < -0.3 is 13.9 Å². The van der Waals surface area contributed by atoms with Crippen molar-refractivity contribution in [1.82, 2.24) is 9.66 Å². The van der Waals surface area contributed by atoms with E-state index < -0.39 is 0 Å². The molecule has 0 unspecified atom stereocenters. The number of rotatable bonds is 7. The second-order valence-corrected chi connectivity index (χ2v) is 10.2. The van der Waals surface area contributed by atoms with E-state index in [4.69, 9.17) is 30.5 Å². The first-order valence-corrected chi connectivity index (χ1v) is 13.5. The van der Waals surface area contributed by atoms with Gasteiger partial charge >= 0.3 is 0 Å². The van der Waals surface area contributed by atoms with Gasteiger partial charge in [0.25, 0.3) is 5.56 Å². The number of hydrogen-bond donors (Lipinski definition) is 0. The number of benzene rings is 4. The number of aromatic nitrogens is 2. The number of halogens is 2. The summed E-state index contributed by atoms with van der Waals surface area (Å²) in [6.45, 7) is 0.315. The highest BCUT2D eigenvalue weighted by Gasteiger charge is 2.17. The fourth-order valence-corrected chi connectivity index (χ4v) is 4.84. The van der Waals surface area contributed by atoms with E-state index in [2.05, 4.69) is 21.0 Å². The molecule has 6 aromatic rings. The van der Waals surface area contributed by atoms with Gasteiger partial charge in [0.05, 0.1) is 29.2 Å². The summed E-state index contributed by atoms with van der Waals surface area (Å²) in [6.07, 6.45) is 1.52. The first kappa shape index (κ1) is 25.9. The number of para-hydroxylation sites is 2. The molecule has 0 radical (unpaired) electrons. The molecule has 0 atom stereocenters. The van der Waals surface area contributed by atoms with Gasteiger partial charge in [-0.05, 0) is 59.7 Å². The SMILES string of the molecule is COc1cc(C=Nn2c(-c3cc4ccccc4o3)nc3ccccc3c2=O)cc(Cl)c1OCc1ccc(Br)cc1. The smallest absolute Gasteiger partial charge is 0.282 e. The molecule has 4 aromatic carbocycles. The van der Waals surface area contributed by atoms with Crippen LogP contribution in [0.5, 0.6) is 11.5 Å². The topological polar surface area (TPSA) is 78.9 Å². The van der Waals surface area contributed by atoms with Crippen LogP contribution in [0.3, 0.4) is 0 Å². The summed E-state index contributed by atoms with van der Waals surface area (Å²) >= 11 is 10.0. The van der Waals surface area contributed by atoms with Crippen LogP contribution in [-0.2, 0) is 6.61 Å². The van der Waals surface area contributed by atoms with E-state index in [1.54, 1.807) is 30.3 Å². The average Bonchev–Trinajstić information content (AvgIpc) is 3.41.